The summed E-state index contributed by atoms with van der Waals surface area (Å²) in [5.74, 6) is 0.752. The molecule has 1 rings (SSSR count). The van der Waals surface area contributed by atoms with E-state index >= 15 is 0 Å². The van der Waals surface area contributed by atoms with Gasteiger partial charge in [-0.3, -0.25) is 10.1 Å². The monoisotopic (exact) mass is 223 g/mol. The summed E-state index contributed by atoms with van der Waals surface area (Å²) in [7, 11) is 0. The van der Waals surface area contributed by atoms with E-state index in [9.17, 15) is 10.1 Å². The maximum absolute atomic E-state index is 10.7. The molecule has 0 saturated carbocycles. The van der Waals surface area contributed by atoms with Crippen LogP contribution in [0.3, 0.4) is 0 Å². The lowest BCUT2D eigenvalue weighted by Crippen LogP contribution is -2.07. The van der Waals surface area contributed by atoms with Crippen LogP contribution in [0, 0.1) is 10.1 Å². The van der Waals surface area contributed by atoms with Crippen molar-refractivity contribution in [1.29, 1.82) is 0 Å². The number of benzene rings is 1. The molecule has 0 aliphatic carbocycles. The van der Waals surface area contributed by atoms with E-state index in [-0.39, 0.29) is 16.7 Å². The molecule has 4 heteroatoms. The summed E-state index contributed by atoms with van der Waals surface area (Å²) in [4.78, 5) is 10.3. The van der Waals surface area contributed by atoms with E-state index in [1.54, 1.807) is 12.1 Å². The molecular formula is C12H17NO3. The molecular weight excluding hydrogens is 206 g/mol. The molecule has 0 amide bonds. The van der Waals surface area contributed by atoms with E-state index in [4.69, 9.17) is 4.74 Å². The summed E-state index contributed by atoms with van der Waals surface area (Å²) in [6.45, 7) is 5.92. The molecule has 0 fully saturated rings. The number of hydrogen-bond acceptors (Lipinski definition) is 3. The zero-order valence-electron chi connectivity index (χ0n) is 9.90. The number of hydrogen-bond donors (Lipinski definition) is 0. The quantitative estimate of drug-likeness (QED) is 0.568. The average Bonchev–Trinajstić information content (AvgIpc) is 2.20. The van der Waals surface area contributed by atoms with E-state index in [2.05, 4.69) is 0 Å². The molecule has 0 radical (unpaired) electrons. The highest BCUT2D eigenvalue weighted by molar-refractivity contribution is 5.44. The fourth-order valence-electron chi connectivity index (χ4n) is 1.51. The molecule has 0 spiro atoms. The molecule has 0 N–H and O–H groups in total. The van der Waals surface area contributed by atoms with Gasteiger partial charge in [-0.2, -0.15) is 0 Å². The lowest BCUT2D eigenvalue weighted by molar-refractivity contribution is -0.384. The van der Waals surface area contributed by atoms with Gasteiger partial charge in [0, 0.05) is 17.7 Å². The van der Waals surface area contributed by atoms with Gasteiger partial charge in [-0.1, -0.05) is 13.3 Å². The topological polar surface area (TPSA) is 52.4 Å². The summed E-state index contributed by atoms with van der Waals surface area (Å²) < 4.78 is 5.61. The molecule has 0 unspecified atom stereocenters. The Balaban J connectivity index is 3.03. The SMILES string of the molecule is CCCc1cc([N+](=O)[O-])ccc1OC(C)C. The third-order valence-corrected chi connectivity index (χ3v) is 2.14. The van der Waals surface area contributed by atoms with Gasteiger partial charge in [0.1, 0.15) is 5.75 Å². The molecule has 88 valence electrons. The number of nitro groups is 1. The van der Waals surface area contributed by atoms with Gasteiger partial charge in [-0.15, -0.1) is 0 Å². The maximum atomic E-state index is 10.7. The molecule has 1 aromatic rings. The Bertz CT molecular complexity index is 375. The number of non-ortho nitro benzene ring substituents is 1. The van der Waals surface area contributed by atoms with Gasteiger partial charge in [0.15, 0.2) is 0 Å². The van der Waals surface area contributed by atoms with Gasteiger partial charge >= 0.3 is 0 Å². The van der Waals surface area contributed by atoms with Crippen molar-refractivity contribution in [2.24, 2.45) is 0 Å². The number of rotatable bonds is 5. The van der Waals surface area contributed by atoms with E-state index in [0.29, 0.717) is 0 Å². The minimum absolute atomic E-state index is 0.0806. The Morgan fingerprint density at radius 1 is 1.44 bits per heavy atom. The number of nitrogens with zero attached hydrogens (tertiary/aromatic N) is 1. The Labute approximate surface area is 95.4 Å². The van der Waals surface area contributed by atoms with Crippen LogP contribution in [0.5, 0.6) is 5.75 Å². The van der Waals surface area contributed by atoms with Crippen LogP contribution in [0.15, 0.2) is 18.2 Å². The predicted octanol–water partition coefficient (Wildman–Crippen LogP) is 3.33. The maximum Gasteiger partial charge on any atom is 0.269 e. The summed E-state index contributed by atoms with van der Waals surface area (Å²) in [6, 6.07) is 4.77. The van der Waals surface area contributed by atoms with Crippen LogP contribution >= 0.6 is 0 Å². The lowest BCUT2D eigenvalue weighted by Gasteiger charge is -2.13. The van der Waals surface area contributed by atoms with Crippen LogP contribution < -0.4 is 4.74 Å². The Morgan fingerprint density at radius 2 is 2.12 bits per heavy atom. The lowest BCUT2D eigenvalue weighted by atomic mass is 10.1. The first kappa shape index (κ1) is 12.5. The van der Waals surface area contributed by atoms with Crippen molar-refractivity contribution in [1.82, 2.24) is 0 Å². The summed E-state index contributed by atoms with van der Waals surface area (Å²) >= 11 is 0. The molecule has 0 aliphatic heterocycles. The van der Waals surface area contributed by atoms with Crippen molar-refractivity contribution in [2.75, 3.05) is 0 Å². The first-order valence-electron chi connectivity index (χ1n) is 5.48. The van der Waals surface area contributed by atoms with Gasteiger partial charge in [0.2, 0.25) is 0 Å². The van der Waals surface area contributed by atoms with Crippen molar-refractivity contribution in [3.05, 3.63) is 33.9 Å². The molecule has 0 aromatic heterocycles. The largest absolute Gasteiger partial charge is 0.491 e. The zero-order chi connectivity index (χ0) is 12.1. The van der Waals surface area contributed by atoms with Crippen molar-refractivity contribution in [3.8, 4) is 5.75 Å². The fourth-order valence-corrected chi connectivity index (χ4v) is 1.51. The Morgan fingerprint density at radius 3 is 2.62 bits per heavy atom. The standard InChI is InChI=1S/C12H17NO3/c1-4-5-10-8-11(13(14)15)6-7-12(10)16-9(2)3/h6-9H,4-5H2,1-3H3. The number of aryl methyl sites for hydroxylation is 1. The Kier molecular flexibility index (Phi) is 4.28. The molecule has 16 heavy (non-hydrogen) atoms. The molecule has 0 aliphatic rings. The second-order valence-corrected chi connectivity index (χ2v) is 3.97. The minimum atomic E-state index is -0.377. The second-order valence-electron chi connectivity index (χ2n) is 3.97. The van der Waals surface area contributed by atoms with Crippen LogP contribution in [-0.2, 0) is 6.42 Å². The first-order valence-corrected chi connectivity index (χ1v) is 5.48. The smallest absolute Gasteiger partial charge is 0.269 e. The van der Waals surface area contributed by atoms with Crippen LogP contribution in [0.1, 0.15) is 32.8 Å². The molecule has 0 atom stereocenters. The van der Waals surface area contributed by atoms with Crippen molar-refractivity contribution in [3.63, 3.8) is 0 Å². The van der Waals surface area contributed by atoms with E-state index in [1.807, 2.05) is 20.8 Å². The molecule has 4 nitrogen and oxygen atoms in total. The van der Waals surface area contributed by atoms with E-state index in [1.165, 1.54) is 6.07 Å². The van der Waals surface area contributed by atoms with Gasteiger partial charge in [0.05, 0.1) is 11.0 Å². The molecule has 1 aromatic carbocycles. The third kappa shape index (κ3) is 3.22. The zero-order valence-corrected chi connectivity index (χ0v) is 9.90. The summed E-state index contributed by atoms with van der Waals surface area (Å²) in [5.41, 5.74) is 1.03. The van der Waals surface area contributed by atoms with Crippen LogP contribution in [0.25, 0.3) is 0 Å². The highest BCUT2D eigenvalue weighted by Gasteiger charge is 2.11. The van der Waals surface area contributed by atoms with Gasteiger partial charge < -0.3 is 4.74 Å². The van der Waals surface area contributed by atoms with Crippen LogP contribution in [0.2, 0.25) is 0 Å². The van der Waals surface area contributed by atoms with Gasteiger partial charge in [0.25, 0.3) is 5.69 Å². The van der Waals surface area contributed by atoms with Gasteiger partial charge in [-0.05, 0) is 26.3 Å². The van der Waals surface area contributed by atoms with Crippen LogP contribution in [-0.4, -0.2) is 11.0 Å². The Hall–Kier alpha value is -1.58. The fraction of sp³-hybridized carbons (Fsp3) is 0.500. The highest BCUT2D eigenvalue weighted by Crippen LogP contribution is 2.26. The normalized spacial score (nSPS) is 10.5. The van der Waals surface area contributed by atoms with Crippen molar-refractivity contribution in [2.45, 2.75) is 39.7 Å². The molecule has 0 heterocycles. The first-order chi connectivity index (χ1) is 7.54. The number of nitro benzene ring substituents is 1. The predicted molar refractivity (Wildman–Crippen MR) is 62.9 cm³/mol. The van der Waals surface area contributed by atoms with E-state index in [0.717, 1.165) is 24.2 Å². The highest BCUT2D eigenvalue weighted by atomic mass is 16.6. The summed E-state index contributed by atoms with van der Waals surface area (Å²) in [5, 5.41) is 10.7. The second kappa shape index (κ2) is 5.49. The van der Waals surface area contributed by atoms with Crippen molar-refractivity contribution >= 4 is 5.69 Å². The molecule has 0 bridgehead atoms. The van der Waals surface area contributed by atoms with E-state index < -0.39 is 0 Å². The summed E-state index contributed by atoms with van der Waals surface area (Å²) in [6.07, 6.45) is 1.82. The van der Waals surface area contributed by atoms with Crippen LogP contribution in [0.4, 0.5) is 5.69 Å². The molecule has 0 saturated heterocycles. The third-order valence-electron chi connectivity index (χ3n) is 2.14. The van der Waals surface area contributed by atoms with Gasteiger partial charge in [-0.25, -0.2) is 0 Å². The van der Waals surface area contributed by atoms with Crippen molar-refractivity contribution < 1.29 is 9.66 Å². The minimum Gasteiger partial charge on any atom is -0.491 e. The number of ether oxygens (including phenoxy) is 1. The average molecular weight is 223 g/mol.